The zero-order valence-electron chi connectivity index (χ0n) is 22.2. The van der Waals surface area contributed by atoms with E-state index in [1.54, 1.807) is 28.1 Å². The number of anilines is 2. The molecule has 0 atom stereocenters. The zero-order valence-corrected chi connectivity index (χ0v) is 23.8. The number of imide groups is 1. The SMILES string of the molecule is CCN1C(=O)c2cc(C#N)c(/N=N/c3c(NCCCOC)nc(NCCCOC)c(C#N)c3C)c(Br)c2C1=O. The van der Waals surface area contributed by atoms with Gasteiger partial charge in [-0.1, -0.05) is 0 Å². The average molecular weight is 597 g/mol. The fraction of sp³-hybridized carbons (Fsp3) is 0.423. The number of pyridine rings is 1. The smallest absolute Gasteiger partial charge is 0.262 e. The summed E-state index contributed by atoms with van der Waals surface area (Å²) in [4.78, 5) is 31.2. The van der Waals surface area contributed by atoms with Crippen LogP contribution in [0.2, 0.25) is 0 Å². The van der Waals surface area contributed by atoms with Gasteiger partial charge in [0.1, 0.15) is 29.3 Å². The second-order valence-electron chi connectivity index (χ2n) is 8.49. The molecule has 1 aliphatic rings. The fourth-order valence-corrected chi connectivity index (χ4v) is 4.69. The van der Waals surface area contributed by atoms with Crippen molar-refractivity contribution in [3.05, 3.63) is 38.4 Å². The first-order chi connectivity index (χ1) is 18.8. The van der Waals surface area contributed by atoms with Crippen molar-refractivity contribution in [2.45, 2.75) is 26.7 Å². The first-order valence-corrected chi connectivity index (χ1v) is 13.1. The summed E-state index contributed by atoms with van der Waals surface area (Å²) in [6, 6.07) is 5.57. The molecule has 0 spiro atoms. The van der Waals surface area contributed by atoms with Crippen LogP contribution in [0.4, 0.5) is 23.0 Å². The summed E-state index contributed by atoms with van der Waals surface area (Å²) >= 11 is 3.38. The summed E-state index contributed by atoms with van der Waals surface area (Å²) in [5, 5.41) is 34.8. The summed E-state index contributed by atoms with van der Waals surface area (Å²) in [6.45, 7) is 5.80. The standard InChI is InChI=1S/C26H29BrN8O4/c1-5-35-25(36)17-12-16(13-28)22(20(27)19(17)26(35)37)34-33-21-15(2)18(14-29)23(30-8-6-10-38-3)32-24(21)31-9-7-11-39-4/h12H,5-11H2,1-4H3,(H2,30,31,32)/b34-33+. The first kappa shape index (κ1) is 29.6. The van der Waals surface area contributed by atoms with E-state index in [4.69, 9.17) is 9.47 Å². The van der Waals surface area contributed by atoms with Crippen LogP contribution in [0.5, 0.6) is 0 Å². The van der Waals surface area contributed by atoms with Crippen LogP contribution >= 0.6 is 15.9 Å². The number of hydrogen-bond acceptors (Lipinski definition) is 11. The van der Waals surface area contributed by atoms with Gasteiger partial charge in [0.2, 0.25) is 0 Å². The van der Waals surface area contributed by atoms with Crippen LogP contribution in [-0.2, 0) is 9.47 Å². The molecule has 0 bridgehead atoms. The van der Waals surface area contributed by atoms with Crippen molar-refractivity contribution in [2.75, 3.05) is 57.7 Å². The number of nitrogens with one attached hydrogen (secondary N) is 2. The third kappa shape index (κ3) is 6.23. The molecule has 13 heteroatoms. The fourth-order valence-electron chi connectivity index (χ4n) is 4.01. The maximum Gasteiger partial charge on any atom is 0.262 e. The number of carbonyl (C=O) groups is 2. The zero-order chi connectivity index (χ0) is 28.5. The number of methoxy groups -OCH3 is 2. The van der Waals surface area contributed by atoms with Crippen molar-refractivity contribution in [3.63, 3.8) is 0 Å². The van der Waals surface area contributed by atoms with Crippen molar-refractivity contribution in [3.8, 4) is 12.1 Å². The van der Waals surface area contributed by atoms with E-state index in [9.17, 15) is 20.1 Å². The number of ether oxygens (including phenoxy) is 2. The number of fused-ring (bicyclic) bond motifs is 1. The molecular weight excluding hydrogens is 568 g/mol. The lowest BCUT2D eigenvalue weighted by Gasteiger charge is -2.15. The molecule has 0 radical (unpaired) electrons. The molecule has 2 heterocycles. The molecule has 3 rings (SSSR count). The molecule has 0 saturated carbocycles. The van der Waals surface area contributed by atoms with Crippen LogP contribution in [0.25, 0.3) is 0 Å². The Morgan fingerprint density at radius 2 is 1.62 bits per heavy atom. The Hall–Kier alpha value is -3.91. The van der Waals surface area contributed by atoms with Crippen LogP contribution in [0.1, 0.15) is 57.2 Å². The van der Waals surface area contributed by atoms with Crippen LogP contribution in [0, 0.1) is 29.6 Å². The van der Waals surface area contributed by atoms with Gasteiger partial charge in [-0.25, -0.2) is 4.98 Å². The largest absolute Gasteiger partial charge is 0.385 e. The van der Waals surface area contributed by atoms with Crippen molar-refractivity contribution in [1.82, 2.24) is 9.88 Å². The van der Waals surface area contributed by atoms with Crippen molar-refractivity contribution >= 4 is 50.8 Å². The number of carbonyl (C=O) groups excluding carboxylic acids is 2. The van der Waals surface area contributed by atoms with Crippen LogP contribution in [-0.4, -0.2) is 68.8 Å². The van der Waals surface area contributed by atoms with Gasteiger partial charge < -0.3 is 20.1 Å². The molecule has 204 valence electrons. The second-order valence-corrected chi connectivity index (χ2v) is 9.28. The Morgan fingerprint density at radius 3 is 2.18 bits per heavy atom. The number of amides is 2. The highest BCUT2D eigenvalue weighted by Crippen LogP contribution is 2.41. The van der Waals surface area contributed by atoms with Gasteiger partial charge in [0, 0.05) is 52.6 Å². The lowest BCUT2D eigenvalue weighted by atomic mass is 10.0. The minimum Gasteiger partial charge on any atom is -0.385 e. The third-order valence-corrected chi connectivity index (χ3v) is 6.80. The normalized spacial score (nSPS) is 12.5. The van der Waals surface area contributed by atoms with Gasteiger partial charge >= 0.3 is 0 Å². The topological polar surface area (TPSA) is 165 Å². The number of aromatic nitrogens is 1. The molecule has 2 N–H and O–H groups in total. The van der Waals surface area contributed by atoms with Gasteiger partial charge in [0.15, 0.2) is 5.82 Å². The van der Waals surface area contributed by atoms with Crippen LogP contribution < -0.4 is 10.6 Å². The highest BCUT2D eigenvalue weighted by atomic mass is 79.9. The van der Waals surface area contributed by atoms with E-state index in [1.807, 2.05) is 6.07 Å². The minimum atomic E-state index is -0.473. The number of halogens is 1. The Kier molecular flexibility index (Phi) is 10.5. The van der Waals surface area contributed by atoms with Crippen molar-refractivity contribution < 1.29 is 19.1 Å². The van der Waals surface area contributed by atoms with Gasteiger partial charge in [-0.15, -0.1) is 10.2 Å². The number of rotatable bonds is 13. The summed E-state index contributed by atoms with van der Waals surface area (Å²) < 4.78 is 10.4. The highest BCUT2D eigenvalue weighted by Gasteiger charge is 2.38. The van der Waals surface area contributed by atoms with E-state index in [0.29, 0.717) is 61.2 Å². The Balaban J connectivity index is 2.09. The molecule has 0 fully saturated rings. The van der Waals surface area contributed by atoms with E-state index in [-0.39, 0.29) is 33.4 Å². The van der Waals surface area contributed by atoms with E-state index in [1.165, 1.54) is 6.07 Å². The predicted molar refractivity (Wildman–Crippen MR) is 148 cm³/mol. The molecule has 2 aromatic rings. The number of nitrogens with zero attached hydrogens (tertiary/aromatic N) is 6. The summed E-state index contributed by atoms with van der Waals surface area (Å²) in [6.07, 6.45) is 1.42. The lowest BCUT2D eigenvalue weighted by Crippen LogP contribution is -2.29. The van der Waals surface area contributed by atoms with Crippen molar-refractivity contribution in [2.24, 2.45) is 10.2 Å². The van der Waals surface area contributed by atoms with Crippen LogP contribution in [0.15, 0.2) is 20.8 Å². The summed E-state index contributed by atoms with van der Waals surface area (Å²) in [7, 11) is 3.24. The number of azo groups is 1. The molecular formula is C26H29BrN8O4. The average Bonchev–Trinajstić information content (AvgIpc) is 3.17. The number of hydrogen-bond donors (Lipinski definition) is 2. The second kappa shape index (κ2) is 13.8. The lowest BCUT2D eigenvalue weighted by molar-refractivity contribution is 0.0662. The van der Waals surface area contributed by atoms with Crippen LogP contribution in [0.3, 0.4) is 0 Å². The maximum atomic E-state index is 12.9. The Morgan fingerprint density at radius 1 is 1.00 bits per heavy atom. The van der Waals surface area contributed by atoms with Gasteiger partial charge in [-0.3, -0.25) is 14.5 Å². The molecule has 1 aromatic carbocycles. The molecule has 0 unspecified atom stereocenters. The number of benzene rings is 1. The van der Waals surface area contributed by atoms with Gasteiger partial charge in [-0.05, 0) is 48.7 Å². The molecule has 2 amide bonds. The van der Waals surface area contributed by atoms with Gasteiger partial charge in [-0.2, -0.15) is 10.5 Å². The maximum absolute atomic E-state index is 12.9. The molecule has 1 aromatic heterocycles. The first-order valence-electron chi connectivity index (χ1n) is 12.3. The molecule has 0 aliphatic carbocycles. The molecule has 39 heavy (non-hydrogen) atoms. The molecule has 1 aliphatic heterocycles. The Bertz CT molecular complexity index is 1380. The van der Waals surface area contributed by atoms with Gasteiger partial charge in [0.25, 0.3) is 11.8 Å². The monoisotopic (exact) mass is 596 g/mol. The van der Waals surface area contributed by atoms with Crippen molar-refractivity contribution in [1.29, 1.82) is 10.5 Å². The molecule has 0 saturated heterocycles. The van der Waals surface area contributed by atoms with Gasteiger partial charge in [0.05, 0.1) is 26.7 Å². The molecule has 12 nitrogen and oxygen atoms in total. The predicted octanol–water partition coefficient (Wildman–Crippen LogP) is 4.82. The quantitative estimate of drug-likeness (QED) is 0.187. The summed E-state index contributed by atoms with van der Waals surface area (Å²) in [5.41, 5.74) is 1.58. The van der Waals surface area contributed by atoms with E-state index in [0.717, 1.165) is 11.3 Å². The van der Waals surface area contributed by atoms with E-state index >= 15 is 0 Å². The minimum absolute atomic E-state index is 0.0700. The third-order valence-electron chi connectivity index (χ3n) is 6.02. The van der Waals surface area contributed by atoms with E-state index < -0.39 is 11.8 Å². The number of nitriles is 2. The highest BCUT2D eigenvalue weighted by molar-refractivity contribution is 9.10. The van der Waals surface area contributed by atoms with E-state index in [2.05, 4.69) is 47.8 Å². The summed E-state index contributed by atoms with van der Waals surface area (Å²) in [5.74, 6) is -0.147. The Labute approximate surface area is 235 Å².